The Hall–Kier alpha value is -1.65. The topological polar surface area (TPSA) is 72.1 Å². The number of likely N-dealkylation sites (tertiary alicyclic amines) is 1. The molecule has 5 nitrogen and oxygen atoms in total. The Bertz CT molecular complexity index is 607. The quantitative estimate of drug-likeness (QED) is 0.864. The van der Waals surface area contributed by atoms with Gasteiger partial charge in [0.15, 0.2) is 0 Å². The second kappa shape index (κ2) is 5.77. The van der Waals surface area contributed by atoms with E-state index in [1.165, 1.54) is 24.8 Å². The Morgan fingerprint density at radius 2 is 2.04 bits per heavy atom. The van der Waals surface area contributed by atoms with Crippen molar-refractivity contribution in [1.82, 2.24) is 14.9 Å². The Balaban J connectivity index is 1.56. The van der Waals surface area contributed by atoms with E-state index in [-0.39, 0.29) is 11.3 Å². The van der Waals surface area contributed by atoms with Crippen LogP contribution in [0.15, 0.2) is 6.20 Å². The normalized spacial score (nSPS) is 28.1. The zero-order valence-corrected chi connectivity index (χ0v) is 13.8. The largest absolute Gasteiger partial charge is 0.368 e. The minimum Gasteiger partial charge on any atom is -0.368 e. The molecule has 3 aliphatic rings. The maximum absolute atomic E-state index is 12.9. The number of amides is 1. The second-order valence-electron chi connectivity index (χ2n) is 7.58. The summed E-state index contributed by atoms with van der Waals surface area (Å²) in [6.07, 6.45) is 12.0. The number of rotatable bonds is 1. The van der Waals surface area contributed by atoms with Crippen molar-refractivity contribution in [3.8, 4) is 0 Å². The third-order valence-corrected chi connectivity index (χ3v) is 6.10. The molecule has 0 bridgehead atoms. The Kier molecular flexibility index (Phi) is 3.74. The van der Waals surface area contributed by atoms with Gasteiger partial charge in [0, 0.05) is 30.6 Å². The van der Waals surface area contributed by atoms with Crippen LogP contribution < -0.4 is 5.73 Å². The van der Waals surface area contributed by atoms with Gasteiger partial charge in [0.2, 0.25) is 11.9 Å². The lowest BCUT2D eigenvalue weighted by Crippen LogP contribution is -2.50. The molecule has 1 spiro atoms. The molecule has 1 aromatic heterocycles. The van der Waals surface area contributed by atoms with E-state index in [0.717, 1.165) is 57.3 Å². The molecule has 2 fully saturated rings. The van der Waals surface area contributed by atoms with Gasteiger partial charge in [-0.05, 0) is 44.1 Å². The number of carbonyl (C=O) groups excluding carboxylic acids is 1. The van der Waals surface area contributed by atoms with Gasteiger partial charge in [0.1, 0.15) is 0 Å². The summed E-state index contributed by atoms with van der Waals surface area (Å²) in [4.78, 5) is 23.8. The third kappa shape index (κ3) is 2.60. The lowest BCUT2D eigenvalue weighted by atomic mass is 9.77. The summed E-state index contributed by atoms with van der Waals surface area (Å²) >= 11 is 0. The molecule has 1 aromatic rings. The van der Waals surface area contributed by atoms with Gasteiger partial charge in [-0.2, -0.15) is 0 Å². The highest BCUT2D eigenvalue weighted by atomic mass is 16.2. The maximum atomic E-state index is 12.9. The fourth-order valence-electron chi connectivity index (χ4n) is 4.88. The molecule has 1 unspecified atom stereocenters. The molecule has 0 radical (unpaired) electrons. The maximum Gasteiger partial charge on any atom is 0.225 e. The third-order valence-electron chi connectivity index (χ3n) is 6.10. The summed E-state index contributed by atoms with van der Waals surface area (Å²) < 4.78 is 0. The van der Waals surface area contributed by atoms with E-state index in [1.54, 1.807) is 0 Å². The van der Waals surface area contributed by atoms with Crippen LogP contribution in [-0.2, 0) is 16.6 Å². The molecule has 1 saturated heterocycles. The first-order valence-corrected chi connectivity index (χ1v) is 9.09. The SMILES string of the molecule is Nc1ncc2c(n1)C1(CCCN(C(=O)C3CCCCC3)C1)CC2. The first-order valence-electron chi connectivity index (χ1n) is 9.09. The summed E-state index contributed by atoms with van der Waals surface area (Å²) in [6, 6.07) is 0. The summed E-state index contributed by atoms with van der Waals surface area (Å²) in [6.45, 7) is 1.73. The fraction of sp³-hybridized carbons (Fsp3) is 0.722. The first kappa shape index (κ1) is 14.9. The highest BCUT2D eigenvalue weighted by Gasteiger charge is 2.45. The number of hydrogen-bond acceptors (Lipinski definition) is 4. The lowest BCUT2D eigenvalue weighted by molar-refractivity contribution is -0.139. The van der Waals surface area contributed by atoms with Gasteiger partial charge in [-0.1, -0.05) is 19.3 Å². The minimum atomic E-state index is 0.0228. The van der Waals surface area contributed by atoms with Crippen molar-refractivity contribution in [3.63, 3.8) is 0 Å². The van der Waals surface area contributed by atoms with E-state index in [2.05, 4.69) is 14.9 Å². The molecule has 0 aromatic carbocycles. The number of hydrogen-bond donors (Lipinski definition) is 1. The van der Waals surface area contributed by atoms with Crippen molar-refractivity contribution in [2.45, 2.75) is 63.2 Å². The fourth-order valence-corrected chi connectivity index (χ4v) is 4.88. The average Bonchev–Trinajstić information content (AvgIpc) is 2.93. The molecule has 5 heteroatoms. The van der Waals surface area contributed by atoms with E-state index in [9.17, 15) is 4.79 Å². The minimum absolute atomic E-state index is 0.0228. The summed E-state index contributed by atoms with van der Waals surface area (Å²) in [5.41, 5.74) is 8.20. The molecular weight excluding hydrogens is 288 g/mol. The highest BCUT2D eigenvalue weighted by molar-refractivity contribution is 5.79. The van der Waals surface area contributed by atoms with Crippen LogP contribution in [0.2, 0.25) is 0 Å². The van der Waals surface area contributed by atoms with E-state index < -0.39 is 0 Å². The number of carbonyl (C=O) groups is 1. The van der Waals surface area contributed by atoms with Crippen LogP contribution in [0.5, 0.6) is 0 Å². The lowest BCUT2D eigenvalue weighted by Gasteiger charge is -2.42. The zero-order valence-electron chi connectivity index (χ0n) is 13.8. The first-order chi connectivity index (χ1) is 11.2. The molecule has 2 heterocycles. The molecular formula is C18H26N4O. The number of fused-ring (bicyclic) bond motifs is 2. The Morgan fingerprint density at radius 3 is 2.87 bits per heavy atom. The van der Waals surface area contributed by atoms with Crippen molar-refractivity contribution in [1.29, 1.82) is 0 Å². The van der Waals surface area contributed by atoms with Gasteiger partial charge in [-0.3, -0.25) is 4.79 Å². The molecule has 124 valence electrons. The predicted octanol–water partition coefficient (Wildman–Crippen LogP) is 2.45. The van der Waals surface area contributed by atoms with Crippen LogP contribution in [0, 0.1) is 5.92 Å². The van der Waals surface area contributed by atoms with Gasteiger partial charge < -0.3 is 10.6 Å². The van der Waals surface area contributed by atoms with Crippen LogP contribution in [0.4, 0.5) is 5.95 Å². The Labute approximate surface area is 137 Å². The zero-order chi connectivity index (χ0) is 15.9. The number of aryl methyl sites for hydroxylation is 1. The number of aromatic nitrogens is 2. The standard InChI is InChI=1S/C18H26N4O/c19-17-20-11-14-7-9-18(15(14)21-17)8-4-10-22(12-18)16(23)13-5-2-1-3-6-13/h11,13H,1-10,12H2,(H2,19,20,21). The number of piperidine rings is 1. The van der Waals surface area contributed by atoms with Gasteiger partial charge >= 0.3 is 0 Å². The van der Waals surface area contributed by atoms with Crippen LogP contribution in [0.3, 0.4) is 0 Å². The van der Waals surface area contributed by atoms with Crippen molar-refractivity contribution < 1.29 is 4.79 Å². The van der Waals surface area contributed by atoms with Gasteiger partial charge in [0.25, 0.3) is 0 Å². The highest BCUT2D eigenvalue weighted by Crippen LogP contribution is 2.44. The van der Waals surface area contributed by atoms with Crippen molar-refractivity contribution >= 4 is 11.9 Å². The molecule has 23 heavy (non-hydrogen) atoms. The van der Waals surface area contributed by atoms with Crippen LogP contribution in [0.1, 0.15) is 62.6 Å². The van der Waals surface area contributed by atoms with Crippen LogP contribution in [0.25, 0.3) is 0 Å². The average molecular weight is 314 g/mol. The smallest absolute Gasteiger partial charge is 0.225 e. The summed E-state index contributed by atoms with van der Waals surface area (Å²) in [5.74, 6) is 1.01. The van der Waals surface area contributed by atoms with Gasteiger partial charge in [-0.25, -0.2) is 9.97 Å². The summed E-state index contributed by atoms with van der Waals surface area (Å²) in [5, 5.41) is 0. The molecule has 2 N–H and O–H groups in total. The van der Waals surface area contributed by atoms with Gasteiger partial charge in [0.05, 0.1) is 5.69 Å². The van der Waals surface area contributed by atoms with Crippen molar-refractivity contribution in [3.05, 3.63) is 17.5 Å². The molecule has 1 aliphatic heterocycles. The summed E-state index contributed by atoms with van der Waals surface area (Å²) in [7, 11) is 0. The van der Waals surface area contributed by atoms with Gasteiger partial charge in [-0.15, -0.1) is 0 Å². The molecule has 1 amide bonds. The van der Waals surface area contributed by atoms with Crippen molar-refractivity contribution in [2.75, 3.05) is 18.8 Å². The number of nitrogen functional groups attached to an aromatic ring is 1. The van der Waals surface area contributed by atoms with E-state index >= 15 is 0 Å². The van der Waals surface area contributed by atoms with E-state index in [0.29, 0.717) is 11.9 Å². The van der Waals surface area contributed by atoms with Crippen molar-refractivity contribution in [2.24, 2.45) is 5.92 Å². The van der Waals surface area contributed by atoms with E-state index in [4.69, 9.17) is 5.73 Å². The molecule has 1 atom stereocenters. The molecule has 2 aliphatic carbocycles. The van der Waals surface area contributed by atoms with Crippen LogP contribution >= 0.6 is 0 Å². The molecule has 1 saturated carbocycles. The number of nitrogens with two attached hydrogens (primary N) is 1. The monoisotopic (exact) mass is 314 g/mol. The Morgan fingerprint density at radius 1 is 1.22 bits per heavy atom. The second-order valence-corrected chi connectivity index (χ2v) is 7.58. The predicted molar refractivity (Wildman–Crippen MR) is 88.8 cm³/mol. The van der Waals surface area contributed by atoms with E-state index in [1.807, 2.05) is 6.20 Å². The van der Waals surface area contributed by atoms with Crippen LogP contribution in [-0.4, -0.2) is 33.9 Å². The number of nitrogens with zero attached hydrogens (tertiary/aromatic N) is 3. The number of anilines is 1. The molecule has 4 rings (SSSR count).